The number of rotatable bonds is 5. The Morgan fingerprint density at radius 1 is 0.926 bits per heavy atom. The van der Waals surface area contributed by atoms with Crippen molar-refractivity contribution in [1.82, 2.24) is 4.90 Å². The highest BCUT2D eigenvalue weighted by atomic mass is 16.6. The summed E-state index contributed by atoms with van der Waals surface area (Å²) in [6.45, 7) is 2.02. The standard InChI is InChI=1S/C20H21N3O4/c24-14-18-13-23(20(26)27-18)17-8-6-16(7-9-17)22-11-10-21(19(22)25)12-15-4-2-1-3-5-15/h1-9,18,24H,10-14H2/t18-/m1/s1. The summed E-state index contributed by atoms with van der Waals surface area (Å²) in [5, 5.41) is 9.14. The molecule has 2 saturated heterocycles. The Bertz CT molecular complexity index is 825. The van der Waals surface area contributed by atoms with Crippen molar-refractivity contribution in [2.75, 3.05) is 36.0 Å². The topological polar surface area (TPSA) is 73.3 Å². The number of aliphatic hydroxyl groups excluding tert-OH is 1. The Morgan fingerprint density at radius 2 is 1.59 bits per heavy atom. The van der Waals surface area contributed by atoms with Crippen LogP contribution >= 0.6 is 0 Å². The van der Waals surface area contributed by atoms with Crippen LogP contribution in [0, 0.1) is 0 Å². The van der Waals surface area contributed by atoms with Gasteiger partial charge in [0, 0.05) is 31.0 Å². The molecule has 0 unspecified atom stereocenters. The summed E-state index contributed by atoms with van der Waals surface area (Å²) in [6.07, 6.45) is -0.961. The lowest BCUT2D eigenvalue weighted by Gasteiger charge is -2.20. The van der Waals surface area contributed by atoms with E-state index in [1.165, 1.54) is 4.90 Å². The van der Waals surface area contributed by atoms with E-state index in [0.29, 0.717) is 31.9 Å². The van der Waals surface area contributed by atoms with Crippen LogP contribution in [0.4, 0.5) is 21.0 Å². The van der Waals surface area contributed by atoms with Crippen LogP contribution in [0.2, 0.25) is 0 Å². The van der Waals surface area contributed by atoms with Crippen molar-refractivity contribution in [2.24, 2.45) is 0 Å². The molecule has 0 bridgehead atoms. The average Bonchev–Trinajstić information content (AvgIpc) is 3.26. The minimum atomic E-state index is -0.496. The first-order chi connectivity index (χ1) is 13.2. The van der Waals surface area contributed by atoms with Crippen LogP contribution in [0.15, 0.2) is 54.6 Å². The number of amides is 3. The summed E-state index contributed by atoms with van der Waals surface area (Å²) in [6, 6.07) is 17.2. The number of hydrogen-bond donors (Lipinski definition) is 1. The van der Waals surface area contributed by atoms with E-state index in [1.54, 1.807) is 17.0 Å². The van der Waals surface area contributed by atoms with E-state index >= 15 is 0 Å². The fourth-order valence-electron chi connectivity index (χ4n) is 3.41. The maximum absolute atomic E-state index is 12.7. The molecular formula is C20H21N3O4. The second kappa shape index (κ2) is 7.28. The zero-order valence-corrected chi connectivity index (χ0v) is 14.8. The first-order valence-electron chi connectivity index (χ1n) is 8.95. The molecular weight excluding hydrogens is 346 g/mol. The number of carbonyl (C=O) groups is 2. The smallest absolute Gasteiger partial charge is 0.414 e. The molecule has 2 aliphatic heterocycles. The summed E-state index contributed by atoms with van der Waals surface area (Å²) in [4.78, 5) is 29.7. The van der Waals surface area contributed by atoms with E-state index in [4.69, 9.17) is 9.84 Å². The molecule has 0 radical (unpaired) electrons. The highest BCUT2D eigenvalue weighted by Gasteiger charge is 2.33. The first kappa shape index (κ1) is 17.4. The Labute approximate surface area is 157 Å². The highest BCUT2D eigenvalue weighted by Crippen LogP contribution is 2.27. The summed E-state index contributed by atoms with van der Waals surface area (Å²) in [7, 11) is 0. The number of nitrogens with zero attached hydrogens (tertiary/aromatic N) is 3. The van der Waals surface area contributed by atoms with Crippen LogP contribution in [0.3, 0.4) is 0 Å². The van der Waals surface area contributed by atoms with Gasteiger partial charge in [-0.25, -0.2) is 9.59 Å². The first-order valence-corrected chi connectivity index (χ1v) is 8.95. The number of ether oxygens (including phenoxy) is 1. The molecule has 2 aromatic rings. The predicted octanol–water partition coefficient (Wildman–Crippen LogP) is 2.45. The van der Waals surface area contributed by atoms with Gasteiger partial charge in [-0.2, -0.15) is 0 Å². The number of hydrogen-bond acceptors (Lipinski definition) is 4. The Kier molecular flexibility index (Phi) is 4.68. The maximum Gasteiger partial charge on any atom is 0.414 e. The van der Waals surface area contributed by atoms with Gasteiger partial charge in [-0.3, -0.25) is 9.80 Å². The second-order valence-corrected chi connectivity index (χ2v) is 6.66. The number of carbonyl (C=O) groups excluding carboxylic acids is 2. The van der Waals surface area contributed by atoms with Crippen molar-refractivity contribution < 1.29 is 19.4 Å². The minimum absolute atomic E-state index is 0.0208. The van der Waals surface area contributed by atoms with Gasteiger partial charge in [-0.1, -0.05) is 30.3 Å². The van der Waals surface area contributed by atoms with E-state index in [9.17, 15) is 9.59 Å². The maximum atomic E-state index is 12.7. The molecule has 2 heterocycles. The van der Waals surface area contributed by atoms with Crippen molar-refractivity contribution in [3.05, 3.63) is 60.2 Å². The van der Waals surface area contributed by atoms with Gasteiger partial charge < -0.3 is 14.7 Å². The summed E-state index contributed by atoms with van der Waals surface area (Å²) in [5.74, 6) is 0. The zero-order chi connectivity index (χ0) is 18.8. The zero-order valence-electron chi connectivity index (χ0n) is 14.8. The number of cyclic esters (lactones) is 1. The van der Waals surface area contributed by atoms with Gasteiger partial charge in [0.15, 0.2) is 0 Å². The van der Waals surface area contributed by atoms with E-state index < -0.39 is 12.2 Å². The van der Waals surface area contributed by atoms with Crippen molar-refractivity contribution in [1.29, 1.82) is 0 Å². The lowest BCUT2D eigenvalue weighted by atomic mass is 10.2. The Hall–Kier alpha value is -3.06. The van der Waals surface area contributed by atoms with E-state index in [-0.39, 0.29) is 12.6 Å². The normalized spacial score (nSPS) is 19.7. The fraction of sp³-hybridized carbons (Fsp3) is 0.300. The molecule has 0 aromatic heterocycles. The number of benzene rings is 2. The van der Waals surface area contributed by atoms with E-state index in [1.807, 2.05) is 47.4 Å². The predicted molar refractivity (Wildman–Crippen MR) is 101 cm³/mol. The van der Waals surface area contributed by atoms with Gasteiger partial charge >= 0.3 is 12.1 Å². The van der Waals surface area contributed by atoms with Gasteiger partial charge in [0.2, 0.25) is 0 Å². The van der Waals surface area contributed by atoms with E-state index in [0.717, 1.165) is 11.3 Å². The summed E-state index contributed by atoms with van der Waals surface area (Å²) >= 11 is 0. The molecule has 140 valence electrons. The third-order valence-electron chi connectivity index (χ3n) is 4.86. The van der Waals surface area contributed by atoms with Crippen molar-refractivity contribution in [2.45, 2.75) is 12.6 Å². The van der Waals surface area contributed by atoms with Crippen LogP contribution in [0.5, 0.6) is 0 Å². The molecule has 1 atom stereocenters. The quantitative estimate of drug-likeness (QED) is 0.881. The van der Waals surface area contributed by atoms with Crippen molar-refractivity contribution in [3.8, 4) is 0 Å². The average molecular weight is 367 g/mol. The molecule has 4 rings (SSSR count). The van der Waals surface area contributed by atoms with Crippen LogP contribution in [0.1, 0.15) is 5.56 Å². The SMILES string of the molecule is O=C1O[C@@H](CO)CN1c1ccc(N2CCN(Cc3ccccc3)C2=O)cc1. The van der Waals surface area contributed by atoms with Gasteiger partial charge in [0.1, 0.15) is 6.10 Å². The lowest BCUT2D eigenvalue weighted by Crippen LogP contribution is -2.31. The van der Waals surface area contributed by atoms with Crippen LogP contribution in [0.25, 0.3) is 0 Å². The highest BCUT2D eigenvalue weighted by molar-refractivity contribution is 5.95. The second-order valence-electron chi connectivity index (χ2n) is 6.66. The minimum Gasteiger partial charge on any atom is -0.441 e. The fourth-order valence-corrected chi connectivity index (χ4v) is 3.41. The van der Waals surface area contributed by atoms with Crippen molar-refractivity contribution >= 4 is 23.5 Å². The summed E-state index contributed by atoms with van der Waals surface area (Å²) in [5.41, 5.74) is 2.59. The van der Waals surface area contributed by atoms with E-state index in [2.05, 4.69) is 0 Å². The molecule has 2 fully saturated rings. The van der Waals surface area contributed by atoms with Gasteiger partial charge in [-0.05, 0) is 29.8 Å². The third kappa shape index (κ3) is 3.46. The largest absolute Gasteiger partial charge is 0.441 e. The number of anilines is 2. The molecule has 7 heteroatoms. The number of urea groups is 1. The molecule has 27 heavy (non-hydrogen) atoms. The molecule has 0 aliphatic carbocycles. The molecule has 0 spiro atoms. The third-order valence-corrected chi connectivity index (χ3v) is 4.86. The van der Waals surface area contributed by atoms with Crippen LogP contribution in [-0.4, -0.2) is 54.5 Å². The molecule has 2 aromatic carbocycles. The van der Waals surface area contributed by atoms with Crippen molar-refractivity contribution in [3.63, 3.8) is 0 Å². The molecule has 2 aliphatic rings. The molecule has 0 saturated carbocycles. The Balaban J connectivity index is 1.43. The van der Waals surface area contributed by atoms with Crippen LogP contribution < -0.4 is 9.80 Å². The molecule has 7 nitrogen and oxygen atoms in total. The Morgan fingerprint density at radius 3 is 2.22 bits per heavy atom. The monoisotopic (exact) mass is 367 g/mol. The summed E-state index contributed by atoms with van der Waals surface area (Å²) < 4.78 is 5.06. The van der Waals surface area contributed by atoms with Gasteiger partial charge in [0.25, 0.3) is 0 Å². The lowest BCUT2D eigenvalue weighted by molar-refractivity contribution is 0.0963. The molecule has 3 amide bonds. The van der Waals surface area contributed by atoms with Gasteiger partial charge in [0.05, 0.1) is 13.2 Å². The van der Waals surface area contributed by atoms with Crippen LogP contribution in [-0.2, 0) is 11.3 Å². The van der Waals surface area contributed by atoms with Gasteiger partial charge in [-0.15, -0.1) is 0 Å². The molecule has 1 N–H and O–H groups in total. The number of aliphatic hydroxyl groups is 1.